The number of rotatable bonds is 8. The van der Waals surface area contributed by atoms with E-state index in [-0.39, 0.29) is 11.3 Å². The van der Waals surface area contributed by atoms with Crippen LogP contribution in [0.5, 0.6) is 5.75 Å². The predicted molar refractivity (Wildman–Crippen MR) is 67.9 cm³/mol. The molecule has 1 aromatic carbocycles. The minimum Gasteiger partial charge on any atom is -0.428 e. The van der Waals surface area contributed by atoms with E-state index in [4.69, 9.17) is 11.5 Å². The van der Waals surface area contributed by atoms with Crippen LogP contribution in [0, 0.1) is 0 Å². The number of hydrogen-bond donors (Lipinski definition) is 2. The van der Waals surface area contributed by atoms with Crippen molar-refractivity contribution in [3.05, 3.63) is 29.8 Å². The molecule has 0 unspecified atom stereocenters. The zero-order valence-electron chi connectivity index (χ0n) is 10.9. The van der Waals surface area contributed by atoms with Gasteiger partial charge in [0.1, 0.15) is 5.75 Å². The van der Waals surface area contributed by atoms with Crippen molar-refractivity contribution < 1.29 is 22.3 Å². The van der Waals surface area contributed by atoms with Crippen LogP contribution in [0.1, 0.15) is 30.9 Å². The van der Waals surface area contributed by atoms with Gasteiger partial charge in [-0.1, -0.05) is 24.6 Å². The molecule has 4 N–H and O–H groups in total. The van der Waals surface area contributed by atoms with E-state index in [9.17, 15) is 17.6 Å². The van der Waals surface area contributed by atoms with E-state index in [0.717, 1.165) is 12.8 Å². The topological polar surface area (TPSA) is 61.3 Å². The van der Waals surface area contributed by atoms with Crippen molar-refractivity contribution in [1.29, 1.82) is 0 Å². The van der Waals surface area contributed by atoms with Gasteiger partial charge < -0.3 is 16.2 Å². The Hall–Kier alpha value is -1.34. The van der Waals surface area contributed by atoms with Crippen molar-refractivity contribution in [2.24, 2.45) is 11.5 Å². The Kier molecular flexibility index (Phi) is 6.22. The number of benzene rings is 1. The van der Waals surface area contributed by atoms with Crippen LogP contribution in [0.4, 0.5) is 17.6 Å². The van der Waals surface area contributed by atoms with Gasteiger partial charge in [-0.15, -0.1) is 0 Å². The van der Waals surface area contributed by atoms with Gasteiger partial charge in [-0.2, -0.15) is 17.6 Å². The van der Waals surface area contributed by atoms with E-state index in [1.807, 2.05) is 0 Å². The molecule has 0 aliphatic rings. The summed E-state index contributed by atoms with van der Waals surface area (Å²) in [4.78, 5) is 0. The molecule has 0 saturated heterocycles. The summed E-state index contributed by atoms with van der Waals surface area (Å²) in [6, 6.07) is 5.14. The van der Waals surface area contributed by atoms with Crippen molar-refractivity contribution in [3.8, 4) is 5.75 Å². The van der Waals surface area contributed by atoms with Gasteiger partial charge in [-0.25, -0.2) is 0 Å². The molecule has 1 aromatic rings. The minimum atomic E-state index is -4.53. The summed E-state index contributed by atoms with van der Waals surface area (Å²) in [5.74, 6) is -0.321. The lowest BCUT2D eigenvalue weighted by molar-refractivity contribution is -0.253. The highest BCUT2D eigenvalue weighted by Gasteiger charge is 2.44. The lowest BCUT2D eigenvalue weighted by Crippen LogP contribution is -2.34. The summed E-state index contributed by atoms with van der Waals surface area (Å²) in [6.07, 6.45) is -6.45. The Labute approximate surface area is 114 Å². The normalized spacial score (nSPS) is 13.6. The Morgan fingerprint density at radius 2 is 1.80 bits per heavy atom. The van der Waals surface area contributed by atoms with E-state index in [1.165, 1.54) is 18.2 Å². The van der Waals surface area contributed by atoms with Crippen molar-refractivity contribution >= 4 is 0 Å². The van der Waals surface area contributed by atoms with Gasteiger partial charge in [0.2, 0.25) is 0 Å². The molecule has 0 fully saturated rings. The number of unbranched alkanes of at least 4 members (excludes halogenated alkanes) is 1. The average Bonchev–Trinajstić information content (AvgIpc) is 2.39. The molecule has 0 bridgehead atoms. The first-order valence-electron chi connectivity index (χ1n) is 6.28. The first kappa shape index (κ1) is 16.7. The van der Waals surface area contributed by atoms with Gasteiger partial charge in [0.15, 0.2) is 0 Å². The van der Waals surface area contributed by atoms with Gasteiger partial charge in [0.25, 0.3) is 0 Å². The zero-order chi connectivity index (χ0) is 15.2. The summed E-state index contributed by atoms with van der Waals surface area (Å²) in [5.41, 5.74) is 11.5. The largest absolute Gasteiger partial charge is 0.461 e. The van der Waals surface area contributed by atoms with Crippen LogP contribution in [0.15, 0.2) is 24.3 Å². The Morgan fingerprint density at radius 1 is 1.15 bits per heavy atom. The van der Waals surface area contributed by atoms with Crippen LogP contribution < -0.4 is 16.2 Å². The number of halogens is 4. The molecule has 0 aliphatic heterocycles. The molecule has 3 nitrogen and oxygen atoms in total. The number of nitrogens with two attached hydrogens (primary N) is 2. The van der Waals surface area contributed by atoms with E-state index in [0.29, 0.717) is 13.0 Å². The molecule has 0 radical (unpaired) electrons. The fourth-order valence-electron chi connectivity index (χ4n) is 1.74. The van der Waals surface area contributed by atoms with Crippen molar-refractivity contribution in [2.45, 2.75) is 37.8 Å². The summed E-state index contributed by atoms with van der Waals surface area (Å²) in [6.45, 7) is 0.508. The van der Waals surface area contributed by atoms with E-state index in [2.05, 4.69) is 4.74 Å². The van der Waals surface area contributed by atoms with Crippen molar-refractivity contribution in [3.63, 3.8) is 0 Å². The molecule has 0 aromatic heterocycles. The van der Waals surface area contributed by atoms with Gasteiger partial charge in [0, 0.05) is 11.6 Å². The molecule has 0 aliphatic carbocycles. The maximum atomic E-state index is 13.0. The first-order chi connectivity index (χ1) is 9.38. The maximum absolute atomic E-state index is 13.0. The quantitative estimate of drug-likeness (QED) is 0.572. The molecule has 1 rings (SSSR count). The molecule has 0 spiro atoms. The van der Waals surface area contributed by atoms with Gasteiger partial charge in [0.05, 0.1) is 0 Å². The maximum Gasteiger partial charge on any atom is 0.461 e. The van der Waals surface area contributed by atoms with Crippen LogP contribution in [0.2, 0.25) is 0 Å². The lowest BCUT2D eigenvalue weighted by atomic mass is 10.0. The third-order valence-corrected chi connectivity index (χ3v) is 2.79. The summed E-state index contributed by atoms with van der Waals surface area (Å²) >= 11 is 0. The van der Waals surface area contributed by atoms with Crippen LogP contribution >= 0.6 is 0 Å². The average molecular weight is 294 g/mol. The molecule has 0 amide bonds. The fraction of sp³-hybridized carbons (Fsp3) is 0.538. The molecule has 7 heteroatoms. The monoisotopic (exact) mass is 294 g/mol. The predicted octanol–water partition coefficient (Wildman–Crippen LogP) is 3.05. The highest BCUT2D eigenvalue weighted by atomic mass is 19.3. The first-order valence-corrected chi connectivity index (χ1v) is 6.28. The number of hydrogen-bond acceptors (Lipinski definition) is 3. The lowest BCUT2D eigenvalue weighted by Gasteiger charge is -2.21. The van der Waals surface area contributed by atoms with Gasteiger partial charge in [-0.05, 0) is 25.5 Å². The fourth-order valence-corrected chi connectivity index (χ4v) is 1.74. The second kappa shape index (κ2) is 7.44. The molecule has 114 valence electrons. The summed E-state index contributed by atoms with van der Waals surface area (Å²) in [5, 5.41) is 0. The molecule has 0 saturated carbocycles. The summed E-state index contributed by atoms with van der Waals surface area (Å²) in [7, 11) is 0. The molecular weight excluding hydrogens is 276 g/mol. The molecular formula is C13H18F4N2O. The highest BCUT2D eigenvalue weighted by Crippen LogP contribution is 2.33. The summed E-state index contributed by atoms with van der Waals surface area (Å²) < 4.78 is 54.4. The highest BCUT2D eigenvalue weighted by molar-refractivity contribution is 5.36. The van der Waals surface area contributed by atoms with Crippen LogP contribution in [0.25, 0.3) is 0 Å². The minimum absolute atomic E-state index is 0.282. The third kappa shape index (κ3) is 4.64. The van der Waals surface area contributed by atoms with Crippen LogP contribution in [-0.4, -0.2) is 19.1 Å². The number of para-hydroxylation sites is 1. The Balaban J connectivity index is 2.82. The van der Waals surface area contributed by atoms with Crippen LogP contribution in [-0.2, 0) is 0 Å². The van der Waals surface area contributed by atoms with E-state index in [1.54, 1.807) is 6.07 Å². The standard InChI is InChI=1S/C13H18F4N2O/c14-12(15)13(16,17)20-11-7-2-1-5-9(11)10(19)6-3-4-8-18/h1-2,5,7,10,12H,3-4,6,8,18-19H2/t10-/m1/s1. The van der Waals surface area contributed by atoms with Gasteiger partial charge >= 0.3 is 12.5 Å². The smallest absolute Gasteiger partial charge is 0.428 e. The molecule has 0 heterocycles. The van der Waals surface area contributed by atoms with Crippen molar-refractivity contribution in [2.75, 3.05) is 6.54 Å². The van der Waals surface area contributed by atoms with E-state index >= 15 is 0 Å². The second-order valence-corrected chi connectivity index (χ2v) is 4.39. The molecule has 20 heavy (non-hydrogen) atoms. The van der Waals surface area contributed by atoms with Crippen LogP contribution in [0.3, 0.4) is 0 Å². The second-order valence-electron chi connectivity index (χ2n) is 4.39. The van der Waals surface area contributed by atoms with E-state index < -0.39 is 18.6 Å². The Morgan fingerprint density at radius 3 is 2.40 bits per heavy atom. The Bertz CT molecular complexity index is 415. The van der Waals surface area contributed by atoms with Gasteiger partial charge in [-0.3, -0.25) is 0 Å². The van der Waals surface area contributed by atoms with Crippen molar-refractivity contribution in [1.82, 2.24) is 0 Å². The zero-order valence-corrected chi connectivity index (χ0v) is 10.9. The number of alkyl halides is 4. The molecule has 1 atom stereocenters. The third-order valence-electron chi connectivity index (χ3n) is 2.79. The SMILES string of the molecule is NCCCC[C@@H](N)c1ccccc1OC(F)(F)C(F)F. The number of ether oxygens (including phenoxy) is 1.